The van der Waals surface area contributed by atoms with Crippen LogP contribution in [0.4, 0.5) is 5.82 Å². The first-order chi connectivity index (χ1) is 14.8. The second-order valence-corrected chi connectivity index (χ2v) is 9.93. The van der Waals surface area contributed by atoms with Crippen LogP contribution in [0, 0.1) is 0 Å². The monoisotopic (exact) mass is 459 g/mol. The zero-order chi connectivity index (χ0) is 22.4. The topological polar surface area (TPSA) is 104 Å². The third-order valence-corrected chi connectivity index (χ3v) is 7.23. The number of thioether (sulfide) groups is 1. The van der Waals surface area contributed by atoms with Gasteiger partial charge in [-0.05, 0) is 30.7 Å². The minimum Gasteiger partial charge on any atom is -0.370 e. The highest BCUT2D eigenvalue weighted by molar-refractivity contribution is 7.99. The van der Waals surface area contributed by atoms with Gasteiger partial charge in [0.2, 0.25) is 15.9 Å². The Balaban J connectivity index is 1.67. The molecule has 0 spiro atoms. The van der Waals surface area contributed by atoms with E-state index in [2.05, 4.69) is 20.6 Å². The summed E-state index contributed by atoms with van der Waals surface area (Å²) >= 11 is 1.23. The maximum atomic E-state index is 12.5. The summed E-state index contributed by atoms with van der Waals surface area (Å²) in [6.45, 7) is 2.83. The van der Waals surface area contributed by atoms with Crippen LogP contribution >= 0.6 is 11.8 Å². The summed E-state index contributed by atoms with van der Waals surface area (Å²) in [4.78, 5) is 21.6. The van der Waals surface area contributed by atoms with E-state index in [1.165, 1.54) is 31.9 Å². The van der Waals surface area contributed by atoms with Gasteiger partial charge in [0.05, 0.1) is 16.2 Å². The Morgan fingerprint density at radius 3 is 2.52 bits per heavy atom. The number of benzene rings is 2. The maximum Gasteiger partial charge on any atom is 0.242 e. The van der Waals surface area contributed by atoms with Crippen molar-refractivity contribution in [2.24, 2.45) is 0 Å². The fourth-order valence-corrected chi connectivity index (χ4v) is 4.69. The second kappa shape index (κ2) is 10.1. The van der Waals surface area contributed by atoms with Crippen LogP contribution in [0.2, 0.25) is 0 Å². The lowest BCUT2D eigenvalue weighted by molar-refractivity contribution is -0.118. The number of carbonyl (C=O) groups is 1. The number of aromatic nitrogens is 2. The first-order valence-electron chi connectivity index (χ1n) is 9.73. The van der Waals surface area contributed by atoms with Gasteiger partial charge in [-0.1, -0.05) is 42.1 Å². The standard InChI is InChI=1S/C21H25N5O3S2/c1-4-22-20-16-10-6-7-11-17(16)24-21(25-20)30-14-19(27)23-13-15-9-5-8-12-18(15)31(28,29)26(2)3/h5-12H,4,13-14H2,1-3H3,(H,23,27)(H,22,24,25). The van der Waals surface area contributed by atoms with Crippen molar-refractivity contribution in [1.82, 2.24) is 19.6 Å². The van der Waals surface area contributed by atoms with Crippen molar-refractivity contribution in [1.29, 1.82) is 0 Å². The van der Waals surface area contributed by atoms with Crippen molar-refractivity contribution in [2.75, 3.05) is 31.7 Å². The van der Waals surface area contributed by atoms with Crippen molar-refractivity contribution in [2.45, 2.75) is 23.5 Å². The average Bonchev–Trinajstić information content (AvgIpc) is 2.76. The van der Waals surface area contributed by atoms with E-state index in [1.54, 1.807) is 18.2 Å². The predicted octanol–water partition coefficient (Wildman–Crippen LogP) is 2.72. The first-order valence-corrected chi connectivity index (χ1v) is 12.2. The molecule has 0 fully saturated rings. The Morgan fingerprint density at radius 2 is 1.77 bits per heavy atom. The van der Waals surface area contributed by atoms with Crippen molar-refractivity contribution in [3.63, 3.8) is 0 Å². The van der Waals surface area contributed by atoms with E-state index in [9.17, 15) is 13.2 Å². The van der Waals surface area contributed by atoms with Crippen LogP contribution in [0.5, 0.6) is 0 Å². The van der Waals surface area contributed by atoms with E-state index in [1.807, 2.05) is 31.2 Å². The Bertz CT molecular complexity index is 1180. The molecule has 0 atom stereocenters. The van der Waals surface area contributed by atoms with E-state index in [4.69, 9.17) is 0 Å². The van der Waals surface area contributed by atoms with Crippen molar-refractivity contribution in [3.8, 4) is 0 Å². The number of para-hydroxylation sites is 1. The number of hydrogen-bond acceptors (Lipinski definition) is 7. The summed E-state index contributed by atoms with van der Waals surface area (Å²) < 4.78 is 26.1. The summed E-state index contributed by atoms with van der Waals surface area (Å²) in [5.41, 5.74) is 1.34. The van der Waals surface area contributed by atoms with Crippen LogP contribution in [-0.2, 0) is 21.4 Å². The number of carbonyl (C=O) groups excluding carboxylic acids is 1. The zero-order valence-electron chi connectivity index (χ0n) is 17.6. The lowest BCUT2D eigenvalue weighted by Crippen LogP contribution is -2.28. The quantitative estimate of drug-likeness (QED) is 0.374. The molecule has 2 N–H and O–H groups in total. The van der Waals surface area contributed by atoms with Crippen molar-refractivity contribution >= 4 is 44.4 Å². The third kappa shape index (κ3) is 5.52. The molecule has 3 aromatic rings. The van der Waals surface area contributed by atoms with Gasteiger partial charge in [0.1, 0.15) is 5.82 Å². The molecule has 0 saturated carbocycles. The fourth-order valence-electron chi connectivity index (χ4n) is 2.90. The van der Waals surface area contributed by atoms with Gasteiger partial charge in [-0.3, -0.25) is 4.79 Å². The maximum absolute atomic E-state index is 12.5. The van der Waals surface area contributed by atoms with Crippen LogP contribution in [-0.4, -0.2) is 55.0 Å². The highest BCUT2D eigenvalue weighted by Gasteiger charge is 2.20. The van der Waals surface area contributed by atoms with Crippen LogP contribution < -0.4 is 10.6 Å². The van der Waals surface area contributed by atoms with Crippen LogP contribution in [0.15, 0.2) is 58.6 Å². The Morgan fingerprint density at radius 1 is 1.06 bits per heavy atom. The molecule has 0 unspecified atom stereocenters. The van der Waals surface area contributed by atoms with Crippen LogP contribution in [0.1, 0.15) is 12.5 Å². The van der Waals surface area contributed by atoms with Gasteiger partial charge in [-0.25, -0.2) is 22.7 Å². The average molecular weight is 460 g/mol. The lowest BCUT2D eigenvalue weighted by Gasteiger charge is -2.15. The molecule has 10 heteroatoms. The van der Waals surface area contributed by atoms with Crippen molar-refractivity contribution in [3.05, 3.63) is 54.1 Å². The van der Waals surface area contributed by atoms with Crippen LogP contribution in [0.25, 0.3) is 10.9 Å². The number of amides is 1. The van der Waals surface area contributed by atoms with Gasteiger partial charge in [-0.15, -0.1) is 0 Å². The molecular formula is C21H25N5O3S2. The molecule has 1 heterocycles. The van der Waals surface area contributed by atoms with Gasteiger partial charge in [0.15, 0.2) is 5.16 Å². The van der Waals surface area contributed by atoms with Gasteiger partial charge in [0.25, 0.3) is 0 Å². The highest BCUT2D eigenvalue weighted by Crippen LogP contribution is 2.24. The Kier molecular flexibility index (Phi) is 7.47. The molecule has 0 aliphatic heterocycles. The van der Waals surface area contributed by atoms with Gasteiger partial charge in [0, 0.05) is 32.6 Å². The van der Waals surface area contributed by atoms with E-state index >= 15 is 0 Å². The van der Waals surface area contributed by atoms with E-state index in [0.29, 0.717) is 10.7 Å². The van der Waals surface area contributed by atoms with Crippen LogP contribution in [0.3, 0.4) is 0 Å². The van der Waals surface area contributed by atoms with E-state index in [-0.39, 0.29) is 23.1 Å². The predicted molar refractivity (Wildman–Crippen MR) is 124 cm³/mol. The first kappa shape index (κ1) is 23.0. The number of nitrogens with zero attached hydrogens (tertiary/aromatic N) is 3. The number of hydrogen-bond donors (Lipinski definition) is 2. The fraction of sp³-hybridized carbons (Fsp3) is 0.286. The lowest BCUT2D eigenvalue weighted by atomic mass is 10.2. The summed E-state index contributed by atoms with van der Waals surface area (Å²) in [6, 6.07) is 14.3. The summed E-state index contributed by atoms with van der Waals surface area (Å²) in [7, 11) is -0.634. The molecule has 0 aliphatic carbocycles. The third-order valence-electron chi connectivity index (χ3n) is 4.47. The molecule has 1 aromatic heterocycles. The highest BCUT2D eigenvalue weighted by atomic mass is 32.2. The summed E-state index contributed by atoms with van der Waals surface area (Å²) in [5.74, 6) is 0.620. The molecule has 164 valence electrons. The number of fused-ring (bicyclic) bond motifs is 1. The Labute approximate surface area is 186 Å². The zero-order valence-corrected chi connectivity index (χ0v) is 19.3. The molecule has 8 nitrogen and oxygen atoms in total. The minimum atomic E-state index is -3.59. The smallest absolute Gasteiger partial charge is 0.242 e. The Hall–Kier alpha value is -2.69. The van der Waals surface area contributed by atoms with E-state index < -0.39 is 10.0 Å². The normalized spacial score (nSPS) is 11.6. The molecule has 0 bridgehead atoms. The largest absolute Gasteiger partial charge is 0.370 e. The number of nitrogens with one attached hydrogen (secondary N) is 2. The van der Waals surface area contributed by atoms with E-state index in [0.717, 1.165) is 27.6 Å². The molecule has 0 radical (unpaired) electrons. The van der Waals surface area contributed by atoms with Crippen molar-refractivity contribution < 1.29 is 13.2 Å². The molecule has 31 heavy (non-hydrogen) atoms. The number of rotatable bonds is 9. The van der Waals surface area contributed by atoms with Gasteiger partial charge >= 0.3 is 0 Å². The van der Waals surface area contributed by atoms with Gasteiger partial charge < -0.3 is 10.6 Å². The second-order valence-electron chi connectivity index (χ2n) is 6.86. The molecule has 2 aromatic carbocycles. The number of sulfonamides is 1. The molecule has 0 saturated heterocycles. The summed E-state index contributed by atoms with van der Waals surface area (Å²) in [5, 5.41) is 7.44. The minimum absolute atomic E-state index is 0.115. The molecular weight excluding hydrogens is 434 g/mol. The number of anilines is 1. The van der Waals surface area contributed by atoms with Gasteiger partial charge in [-0.2, -0.15) is 0 Å². The molecule has 0 aliphatic rings. The molecule has 3 rings (SSSR count). The summed E-state index contributed by atoms with van der Waals surface area (Å²) in [6.07, 6.45) is 0. The SMILES string of the molecule is CCNc1nc(SCC(=O)NCc2ccccc2S(=O)(=O)N(C)C)nc2ccccc12. The molecule has 1 amide bonds.